The zero-order chi connectivity index (χ0) is 20.8. The number of nitrogens with one attached hydrogen (secondary N) is 1. The number of rotatable bonds is 7. The van der Waals surface area contributed by atoms with Crippen LogP contribution in [-0.2, 0) is 16.1 Å². The van der Waals surface area contributed by atoms with Crippen molar-refractivity contribution in [2.75, 3.05) is 19.0 Å². The summed E-state index contributed by atoms with van der Waals surface area (Å²) in [6.07, 6.45) is 1.81. The van der Waals surface area contributed by atoms with Crippen LogP contribution in [0.4, 0.5) is 5.82 Å². The van der Waals surface area contributed by atoms with Gasteiger partial charge in [0.2, 0.25) is 0 Å². The molecule has 1 heterocycles. The molecule has 0 aliphatic carbocycles. The molecule has 3 rings (SSSR count). The molecule has 3 aromatic rings. The number of benzene rings is 2. The molecule has 0 fully saturated rings. The molecule has 1 aromatic heterocycles. The van der Waals surface area contributed by atoms with E-state index >= 15 is 0 Å². The molecule has 6 heteroatoms. The maximum Gasteiger partial charge on any atom is 0.333 e. The number of halogens is 1. The van der Waals surface area contributed by atoms with E-state index in [9.17, 15) is 4.79 Å². The molecule has 0 aliphatic heterocycles. The minimum atomic E-state index is -0.331. The summed E-state index contributed by atoms with van der Waals surface area (Å²) in [5.74, 6) is 1.19. The average Bonchev–Trinajstić information content (AvgIpc) is 2.72. The van der Waals surface area contributed by atoms with Gasteiger partial charge in [0.15, 0.2) is 0 Å². The number of pyridine rings is 1. The molecule has 2 aromatic carbocycles. The highest BCUT2D eigenvalue weighted by Crippen LogP contribution is 2.26. The quantitative estimate of drug-likeness (QED) is 0.372. The molecule has 0 aliphatic rings. The number of hydrogen-bond donors (Lipinski definition) is 1. The maximum absolute atomic E-state index is 12.1. The zero-order valence-corrected chi connectivity index (χ0v) is 18.2. The van der Waals surface area contributed by atoms with Crippen LogP contribution in [0.2, 0.25) is 0 Å². The monoisotopic (exact) mass is 454 g/mol. The molecule has 150 valence electrons. The van der Waals surface area contributed by atoms with Gasteiger partial charge in [0.1, 0.15) is 11.6 Å². The molecule has 0 atom stereocenters. The number of ether oxygens (including phenoxy) is 2. The van der Waals surface area contributed by atoms with Crippen molar-refractivity contribution < 1.29 is 14.3 Å². The van der Waals surface area contributed by atoms with Gasteiger partial charge in [-0.3, -0.25) is 0 Å². The van der Waals surface area contributed by atoms with Crippen LogP contribution in [0.1, 0.15) is 25.0 Å². The first-order valence-electron chi connectivity index (χ1n) is 9.32. The fourth-order valence-corrected chi connectivity index (χ4v) is 3.26. The summed E-state index contributed by atoms with van der Waals surface area (Å²) in [4.78, 5) is 16.8. The Kier molecular flexibility index (Phi) is 6.88. The predicted molar refractivity (Wildman–Crippen MR) is 120 cm³/mol. The summed E-state index contributed by atoms with van der Waals surface area (Å²) in [6.45, 7) is 4.48. The lowest BCUT2D eigenvalue weighted by molar-refractivity contribution is -0.138. The molecule has 0 saturated heterocycles. The first kappa shape index (κ1) is 20.9. The molecule has 29 heavy (non-hydrogen) atoms. The van der Waals surface area contributed by atoms with Crippen LogP contribution in [0, 0.1) is 0 Å². The van der Waals surface area contributed by atoms with E-state index in [0.29, 0.717) is 24.5 Å². The standard InChI is InChI=1S/C23H23BrN2O3/c1-4-29-23(27)15(2)11-18-12-17-13-19(24)7-10-21(17)26-22(18)25-14-16-5-8-20(28-3)9-6-16/h5-13H,4,14H2,1-3H3,(H,25,26). The molecular formula is C23H23BrN2O3. The summed E-state index contributed by atoms with van der Waals surface area (Å²) in [5.41, 5.74) is 3.32. The van der Waals surface area contributed by atoms with Crippen LogP contribution in [0.5, 0.6) is 5.75 Å². The summed E-state index contributed by atoms with van der Waals surface area (Å²) in [6, 6.07) is 15.8. The van der Waals surface area contributed by atoms with Crippen molar-refractivity contribution in [2.24, 2.45) is 0 Å². The van der Waals surface area contributed by atoms with E-state index in [4.69, 9.17) is 14.5 Å². The van der Waals surface area contributed by atoms with Crippen LogP contribution in [0.25, 0.3) is 17.0 Å². The fraction of sp³-hybridized carbons (Fsp3) is 0.217. The number of carbonyl (C=O) groups excluding carboxylic acids is 1. The van der Waals surface area contributed by atoms with Crippen molar-refractivity contribution in [3.8, 4) is 5.75 Å². The van der Waals surface area contributed by atoms with E-state index in [1.54, 1.807) is 21.0 Å². The van der Waals surface area contributed by atoms with E-state index in [-0.39, 0.29) is 5.97 Å². The normalized spacial score (nSPS) is 11.4. The Balaban J connectivity index is 1.95. The first-order chi connectivity index (χ1) is 14.0. The Labute approximate surface area is 178 Å². The predicted octanol–water partition coefficient (Wildman–Crippen LogP) is 5.58. The van der Waals surface area contributed by atoms with Crippen molar-refractivity contribution >= 4 is 44.7 Å². The molecule has 0 unspecified atom stereocenters. The van der Waals surface area contributed by atoms with Gasteiger partial charge < -0.3 is 14.8 Å². The fourth-order valence-electron chi connectivity index (χ4n) is 2.88. The minimum absolute atomic E-state index is 0.331. The van der Waals surface area contributed by atoms with Crippen molar-refractivity contribution in [2.45, 2.75) is 20.4 Å². The van der Waals surface area contributed by atoms with Crippen LogP contribution in [0.15, 0.2) is 58.6 Å². The van der Waals surface area contributed by atoms with Crippen molar-refractivity contribution in [3.05, 3.63) is 69.7 Å². The molecular weight excluding hydrogens is 432 g/mol. The van der Waals surface area contributed by atoms with Gasteiger partial charge in [0, 0.05) is 27.5 Å². The topological polar surface area (TPSA) is 60.5 Å². The Hall–Kier alpha value is -2.86. The van der Waals surface area contributed by atoms with Gasteiger partial charge in [0.05, 0.1) is 19.2 Å². The Morgan fingerprint density at radius 1 is 1.17 bits per heavy atom. The number of fused-ring (bicyclic) bond motifs is 1. The average molecular weight is 455 g/mol. The number of anilines is 1. The lowest BCUT2D eigenvalue weighted by Crippen LogP contribution is -2.06. The number of carbonyl (C=O) groups is 1. The SMILES string of the molecule is CCOC(=O)C(C)=Cc1cc2cc(Br)ccc2nc1NCc1ccc(OC)cc1. The Morgan fingerprint density at radius 3 is 2.62 bits per heavy atom. The number of nitrogens with zero attached hydrogens (tertiary/aromatic N) is 1. The maximum atomic E-state index is 12.1. The van der Waals surface area contributed by atoms with Gasteiger partial charge >= 0.3 is 5.97 Å². The second-order valence-corrected chi connectivity index (χ2v) is 7.43. The van der Waals surface area contributed by atoms with E-state index < -0.39 is 0 Å². The number of esters is 1. The largest absolute Gasteiger partial charge is 0.497 e. The Morgan fingerprint density at radius 2 is 1.93 bits per heavy atom. The van der Waals surface area contributed by atoms with E-state index in [2.05, 4.69) is 21.2 Å². The lowest BCUT2D eigenvalue weighted by Gasteiger charge is -2.12. The molecule has 0 amide bonds. The molecule has 0 bridgehead atoms. The van der Waals surface area contributed by atoms with Gasteiger partial charge in [-0.25, -0.2) is 9.78 Å². The number of methoxy groups -OCH3 is 1. The van der Waals surface area contributed by atoms with Gasteiger partial charge in [-0.1, -0.05) is 28.1 Å². The highest BCUT2D eigenvalue weighted by atomic mass is 79.9. The summed E-state index contributed by atoms with van der Waals surface area (Å²) in [7, 11) is 1.65. The molecule has 0 saturated carbocycles. The third kappa shape index (κ3) is 5.35. The van der Waals surface area contributed by atoms with E-state index in [1.807, 2.05) is 54.6 Å². The summed E-state index contributed by atoms with van der Waals surface area (Å²) in [5, 5.41) is 4.37. The number of hydrogen-bond acceptors (Lipinski definition) is 5. The second kappa shape index (κ2) is 9.56. The minimum Gasteiger partial charge on any atom is -0.497 e. The zero-order valence-electron chi connectivity index (χ0n) is 16.7. The molecule has 0 spiro atoms. The van der Waals surface area contributed by atoms with Gasteiger partial charge in [0.25, 0.3) is 0 Å². The lowest BCUT2D eigenvalue weighted by atomic mass is 10.1. The van der Waals surface area contributed by atoms with E-state index in [1.165, 1.54) is 0 Å². The summed E-state index contributed by atoms with van der Waals surface area (Å²) < 4.78 is 11.3. The third-order valence-electron chi connectivity index (χ3n) is 4.39. The Bertz CT molecular complexity index is 1050. The van der Waals surface area contributed by atoms with Crippen LogP contribution in [-0.4, -0.2) is 24.7 Å². The highest BCUT2D eigenvalue weighted by Gasteiger charge is 2.10. The summed E-state index contributed by atoms with van der Waals surface area (Å²) >= 11 is 3.50. The van der Waals surface area contributed by atoms with E-state index in [0.717, 1.165) is 32.3 Å². The van der Waals surface area contributed by atoms with Crippen LogP contribution < -0.4 is 10.1 Å². The van der Waals surface area contributed by atoms with Crippen molar-refractivity contribution in [1.29, 1.82) is 0 Å². The van der Waals surface area contributed by atoms with Gasteiger partial charge in [-0.2, -0.15) is 0 Å². The molecule has 5 nitrogen and oxygen atoms in total. The molecule has 0 radical (unpaired) electrons. The third-order valence-corrected chi connectivity index (χ3v) is 4.89. The molecule has 1 N–H and O–H groups in total. The highest BCUT2D eigenvalue weighted by molar-refractivity contribution is 9.10. The van der Waals surface area contributed by atoms with Crippen LogP contribution >= 0.6 is 15.9 Å². The first-order valence-corrected chi connectivity index (χ1v) is 10.1. The van der Waals surface area contributed by atoms with Gasteiger partial charge in [-0.15, -0.1) is 0 Å². The smallest absolute Gasteiger partial charge is 0.333 e. The number of aromatic nitrogens is 1. The van der Waals surface area contributed by atoms with Crippen LogP contribution in [0.3, 0.4) is 0 Å². The van der Waals surface area contributed by atoms with Crippen molar-refractivity contribution in [1.82, 2.24) is 4.98 Å². The second-order valence-electron chi connectivity index (χ2n) is 6.51. The van der Waals surface area contributed by atoms with Gasteiger partial charge in [-0.05, 0) is 61.9 Å². The van der Waals surface area contributed by atoms with Crippen molar-refractivity contribution in [3.63, 3.8) is 0 Å².